The third-order valence-electron chi connectivity index (χ3n) is 3.05. The number of ether oxygens (including phenoxy) is 1. The molecule has 4 nitrogen and oxygen atoms in total. The molecule has 0 bridgehead atoms. The first kappa shape index (κ1) is 15.7. The molecular weight excluding hydrogens is 286 g/mol. The smallest absolute Gasteiger partial charge is 0.163 e. The van der Waals surface area contributed by atoms with Gasteiger partial charge in [0.15, 0.2) is 5.82 Å². The van der Waals surface area contributed by atoms with E-state index in [2.05, 4.69) is 14.9 Å². The molecule has 0 unspecified atom stereocenters. The third kappa shape index (κ3) is 4.16. The van der Waals surface area contributed by atoms with E-state index >= 15 is 0 Å². The van der Waals surface area contributed by atoms with E-state index in [4.69, 9.17) is 16.3 Å². The Bertz CT molecular complexity index is 557. The molecule has 0 amide bonds. The van der Waals surface area contributed by atoms with Crippen molar-refractivity contribution in [3.63, 3.8) is 0 Å². The second-order valence-corrected chi connectivity index (χ2v) is 4.73. The summed E-state index contributed by atoms with van der Waals surface area (Å²) in [5.74, 6) is 1.52. The maximum atomic E-state index is 6.11. The van der Waals surface area contributed by atoms with Gasteiger partial charge in [0.2, 0.25) is 0 Å². The minimum absolute atomic E-state index is 0.468. The Labute approximate surface area is 130 Å². The van der Waals surface area contributed by atoms with Gasteiger partial charge in [0.05, 0.1) is 13.2 Å². The van der Waals surface area contributed by atoms with E-state index in [1.54, 1.807) is 6.07 Å². The molecule has 0 spiro atoms. The average Bonchev–Trinajstić information content (AvgIpc) is 2.58. The van der Waals surface area contributed by atoms with E-state index in [0.29, 0.717) is 11.0 Å². The Morgan fingerprint density at radius 3 is 2.38 bits per heavy atom. The molecule has 0 aliphatic carbocycles. The molecule has 21 heavy (non-hydrogen) atoms. The lowest BCUT2D eigenvalue weighted by Crippen LogP contribution is -2.36. The molecular formula is C16H20ClN3O. The van der Waals surface area contributed by atoms with Crippen LogP contribution in [0.3, 0.4) is 0 Å². The van der Waals surface area contributed by atoms with Crippen molar-refractivity contribution in [1.29, 1.82) is 0 Å². The quantitative estimate of drug-likeness (QED) is 0.794. The summed E-state index contributed by atoms with van der Waals surface area (Å²) in [5.41, 5.74) is 0.972. The molecule has 5 heteroatoms. The average molecular weight is 306 g/mol. The fourth-order valence-electron chi connectivity index (χ4n) is 2.08. The maximum Gasteiger partial charge on any atom is 0.163 e. The van der Waals surface area contributed by atoms with Gasteiger partial charge in [-0.05, 0) is 0 Å². The van der Waals surface area contributed by atoms with Crippen molar-refractivity contribution in [1.82, 2.24) is 9.97 Å². The summed E-state index contributed by atoms with van der Waals surface area (Å²) in [7, 11) is 0. The molecule has 1 aromatic carbocycles. The maximum absolute atomic E-state index is 6.11. The summed E-state index contributed by atoms with van der Waals surface area (Å²) in [6, 6.07) is 11.7. The number of anilines is 1. The predicted octanol–water partition coefficient (Wildman–Crippen LogP) is 3.66. The molecule has 0 N–H and O–H groups in total. The van der Waals surface area contributed by atoms with Gasteiger partial charge in [-0.25, -0.2) is 9.97 Å². The monoisotopic (exact) mass is 305 g/mol. The zero-order chi connectivity index (χ0) is 15.1. The number of nitrogens with zero attached hydrogens (tertiary/aromatic N) is 3. The van der Waals surface area contributed by atoms with Crippen molar-refractivity contribution < 1.29 is 4.74 Å². The summed E-state index contributed by atoms with van der Waals surface area (Å²) in [4.78, 5) is 11.1. The van der Waals surface area contributed by atoms with Gasteiger partial charge in [0.25, 0.3) is 0 Å². The van der Waals surface area contributed by atoms with Crippen molar-refractivity contribution in [2.75, 3.05) is 31.2 Å². The van der Waals surface area contributed by atoms with Gasteiger partial charge in [-0.15, -0.1) is 0 Å². The summed E-state index contributed by atoms with van der Waals surface area (Å²) in [6.45, 7) is 7.12. The lowest BCUT2D eigenvalue weighted by molar-refractivity contribution is 0.122. The Kier molecular flexibility index (Phi) is 5.96. The fraction of sp³-hybridized carbons (Fsp3) is 0.375. The first-order chi connectivity index (χ1) is 10.3. The number of morpholine rings is 1. The van der Waals surface area contributed by atoms with Crippen LogP contribution in [0.15, 0.2) is 36.4 Å². The zero-order valence-electron chi connectivity index (χ0n) is 12.4. The zero-order valence-corrected chi connectivity index (χ0v) is 13.2. The third-order valence-corrected chi connectivity index (χ3v) is 3.24. The van der Waals surface area contributed by atoms with Gasteiger partial charge >= 0.3 is 0 Å². The lowest BCUT2D eigenvalue weighted by atomic mass is 10.2. The minimum atomic E-state index is 0.468. The molecule has 1 fully saturated rings. The van der Waals surface area contributed by atoms with E-state index < -0.39 is 0 Å². The van der Waals surface area contributed by atoms with E-state index in [1.165, 1.54) is 0 Å². The first-order valence-electron chi connectivity index (χ1n) is 7.25. The topological polar surface area (TPSA) is 38.2 Å². The predicted molar refractivity (Wildman–Crippen MR) is 86.9 cm³/mol. The van der Waals surface area contributed by atoms with Crippen LogP contribution in [0.4, 0.5) is 5.82 Å². The van der Waals surface area contributed by atoms with Crippen LogP contribution in [0.1, 0.15) is 13.8 Å². The Morgan fingerprint density at radius 2 is 1.71 bits per heavy atom. The summed E-state index contributed by atoms with van der Waals surface area (Å²) < 4.78 is 5.35. The molecule has 2 heterocycles. The molecule has 1 aliphatic rings. The van der Waals surface area contributed by atoms with Gasteiger partial charge in [0, 0.05) is 24.7 Å². The van der Waals surface area contributed by atoms with Crippen LogP contribution in [0.2, 0.25) is 5.15 Å². The first-order valence-corrected chi connectivity index (χ1v) is 7.63. The van der Waals surface area contributed by atoms with Crippen molar-refractivity contribution in [3.05, 3.63) is 41.6 Å². The van der Waals surface area contributed by atoms with Crippen LogP contribution in [-0.4, -0.2) is 36.3 Å². The van der Waals surface area contributed by atoms with Gasteiger partial charge in [-0.1, -0.05) is 55.8 Å². The molecule has 2 aromatic rings. The highest BCUT2D eigenvalue weighted by Crippen LogP contribution is 2.22. The lowest BCUT2D eigenvalue weighted by Gasteiger charge is -2.28. The second-order valence-electron chi connectivity index (χ2n) is 4.34. The standard InChI is InChI=1S/C14H14ClN3O.C2H6/c15-12-10-13(18-6-8-19-9-7-18)17-14(16-12)11-4-2-1-3-5-11;1-2/h1-5,10H,6-9H2;1-2H3. The van der Waals surface area contributed by atoms with E-state index in [0.717, 1.165) is 37.7 Å². The molecule has 1 aromatic heterocycles. The highest BCUT2D eigenvalue weighted by molar-refractivity contribution is 6.29. The van der Waals surface area contributed by atoms with E-state index in [1.807, 2.05) is 44.2 Å². The minimum Gasteiger partial charge on any atom is -0.378 e. The Morgan fingerprint density at radius 1 is 1.05 bits per heavy atom. The highest BCUT2D eigenvalue weighted by atomic mass is 35.5. The van der Waals surface area contributed by atoms with Crippen molar-refractivity contribution in [2.24, 2.45) is 0 Å². The second kappa shape index (κ2) is 7.96. The molecule has 112 valence electrons. The van der Waals surface area contributed by atoms with Crippen LogP contribution in [-0.2, 0) is 4.74 Å². The molecule has 0 atom stereocenters. The van der Waals surface area contributed by atoms with Crippen LogP contribution in [0, 0.1) is 0 Å². The van der Waals surface area contributed by atoms with Crippen LogP contribution >= 0.6 is 11.6 Å². The van der Waals surface area contributed by atoms with Crippen LogP contribution in [0.25, 0.3) is 11.4 Å². The van der Waals surface area contributed by atoms with Crippen LogP contribution in [0.5, 0.6) is 0 Å². The number of benzene rings is 1. The van der Waals surface area contributed by atoms with Crippen molar-refractivity contribution in [3.8, 4) is 11.4 Å². The summed E-state index contributed by atoms with van der Waals surface area (Å²) in [6.07, 6.45) is 0. The normalized spacial score (nSPS) is 14.3. The molecule has 0 radical (unpaired) electrons. The fourth-order valence-corrected chi connectivity index (χ4v) is 2.25. The number of hydrogen-bond donors (Lipinski definition) is 0. The number of hydrogen-bond acceptors (Lipinski definition) is 4. The Balaban J connectivity index is 0.000000774. The van der Waals surface area contributed by atoms with Gasteiger partial charge in [-0.2, -0.15) is 0 Å². The molecule has 3 rings (SSSR count). The summed E-state index contributed by atoms with van der Waals surface area (Å²) in [5, 5.41) is 0.468. The summed E-state index contributed by atoms with van der Waals surface area (Å²) >= 11 is 6.11. The largest absolute Gasteiger partial charge is 0.378 e. The SMILES string of the molecule is CC.Clc1cc(N2CCOCC2)nc(-c2ccccc2)n1. The van der Waals surface area contributed by atoms with Gasteiger partial charge in [-0.3, -0.25) is 0 Å². The van der Waals surface area contributed by atoms with Crippen molar-refractivity contribution in [2.45, 2.75) is 13.8 Å². The molecule has 0 saturated carbocycles. The number of aromatic nitrogens is 2. The van der Waals surface area contributed by atoms with E-state index in [9.17, 15) is 0 Å². The van der Waals surface area contributed by atoms with E-state index in [-0.39, 0.29) is 0 Å². The number of halogens is 1. The molecule has 1 saturated heterocycles. The Hall–Kier alpha value is -1.65. The molecule has 1 aliphatic heterocycles. The highest BCUT2D eigenvalue weighted by Gasteiger charge is 2.15. The van der Waals surface area contributed by atoms with Crippen LogP contribution < -0.4 is 4.90 Å². The number of rotatable bonds is 2. The van der Waals surface area contributed by atoms with Gasteiger partial charge < -0.3 is 9.64 Å². The van der Waals surface area contributed by atoms with Crippen molar-refractivity contribution >= 4 is 17.4 Å². The van der Waals surface area contributed by atoms with Gasteiger partial charge in [0.1, 0.15) is 11.0 Å².